The zero-order valence-corrected chi connectivity index (χ0v) is 7.52. The number of hydrogen-bond donors (Lipinski definition) is 1. The molecule has 0 fully saturated rings. The number of rotatable bonds is 2. The molecule has 0 bridgehead atoms. The van der Waals surface area contributed by atoms with Gasteiger partial charge < -0.3 is 5.02 Å². The van der Waals surface area contributed by atoms with Gasteiger partial charge in [-0.3, -0.25) is 4.98 Å². The molecule has 1 N–H and O–H groups in total. The number of nitrogens with zero attached hydrogens (tertiary/aromatic N) is 1. The molecule has 52 valence electrons. The molecule has 0 radical (unpaired) electrons. The van der Waals surface area contributed by atoms with E-state index in [1.807, 2.05) is 12.1 Å². The highest BCUT2D eigenvalue weighted by Gasteiger charge is 2.09. The van der Waals surface area contributed by atoms with E-state index in [9.17, 15) is 5.02 Å². The molecule has 1 rings (SSSR count). The fourth-order valence-electron chi connectivity index (χ4n) is 0.675. The van der Waals surface area contributed by atoms with Crippen molar-refractivity contribution in [3.05, 3.63) is 24.5 Å². The second-order valence-corrected chi connectivity index (χ2v) is 2.83. The van der Waals surface area contributed by atoms with Crippen molar-refractivity contribution in [2.24, 2.45) is 0 Å². The Balaban J connectivity index is 2.75. The summed E-state index contributed by atoms with van der Waals surface area (Å²) in [4.78, 5) is 3.85. The van der Waals surface area contributed by atoms with Crippen molar-refractivity contribution in [3.63, 3.8) is 0 Å². The molecule has 10 heavy (non-hydrogen) atoms. The fourth-order valence-corrected chi connectivity index (χ4v) is 1.18. The SMILES string of the molecule is OB(CI)c1ccncc1. The number of hydrogen-bond acceptors (Lipinski definition) is 2. The maximum atomic E-state index is 9.29. The van der Waals surface area contributed by atoms with E-state index in [2.05, 4.69) is 27.6 Å². The summed E-state index contributed by atoms with van der Waals surface area (Å²) >= 11 is 2.15. The van der Waals surface area contributed by atoms with Crippen molar-refractivity contribution < 1.29 is 5.02 Å². The maximum Gasteiger partial charge on any atom is 0.333 e. The summed E-state index contributed by atoms with van der Waals surface area (Å²) in [6, 6.07) is 3.65. The van der Waals surface area contributed by atoms with Crippen molar-refractivity contribution in [1.29, 1.82) is 0 Å². The Kier molecular flexibility index (Phi) is 3.14. The number of alkyl halides is 1. The van der Waals surface area contributed by atoms with Gasteiger partial charge in [0.05, 0.1) is 0 Å². The second-order valence-electron chi connectivity index (χ2n) is 1.95. The van der Waals surface area contributed by atoms with Crippen LogP contribution in [-0.2, 0) is 0 Å². The highest BCUT2D eigenvalue weighted by molar-refractivity contribution is 14.1. The minimum Gasteiger partial charge on any atom is -0.446 e. The van der Waals surface area contributed by atoms with Crippen molar-refractivity contribution in [1.82, 2.24) is 4.98 Å². The molecule has 0 amide bonds. The largest absolute Gasteiger partial charge is 0.446 e. The first kappa shape index (κ1) is 8.01. The lowest BCUT2D eigenvalue weighted by atomic mass is 9.65. The van der Waals surface area contributed by atoms with E-state index in [0.717, 1.165) is 9.79 Å². The summed E-state index contributed by atoms with van der Waals surface area (Å²) in [6.07, 6.45) is 3.37. The van der Waals surface area contributed by atoms with E-state index in [1.165, 1.54) is 0 Å². The quantitative estimate of drug-likeness (QED) is 0.461. The number of pyridine rings is 1. The summed E-state index contributed by atoms with van der Waals surface area (Å²) in [6.45, 7) is -0.344. The summed E-state index contributed by atoms with van der Waals surface area (Å²) in [5.41, 5.74) is 0.935. The van der Waals surface area contributed by atoms with Crippen molar-refractivity contribution >= 4 is 35.0 Å². The Morgan fingerprint density at radius 1 is 1.50 bits per heavy atom. The molecule has 4 heteroatoms. The molecule has 2 nitrogen and oxygen atoms in total. The van der Waals surface area contributed by atoms with Crippen molar-refractivity contribution in [3.8, 4) is 0 Å². The van der Waals surface area contributed by atoms with Crippen LogP contribution < -0.4 is 5.46 Å². The normalized spacial score (nSPS) is 9.40. The predicted octanol–water partition coefficient (Wildman–Crippen LogP) is 0.247. The van der Waals surface area contributed by atoms with E-state index >= 15 is 0 Å². The van der Waals surface area contributed by atoms with Gasteiger partial charge in [0.25, 0.3) is 0 Å². The van der Waals surface area contributed by atoms with E-state index < -0.39 is 0 Å². The summed E-state index contributed by atoms with van der Waals surface area (Å²) in [5.74, 6) is 0. The summed E-state index contributed by atoms with van der Waals surface area (Å²) in [7, 11) is 0. The van der Waals surface area contributed by atoms with Crippen LogP contribution in [-0.4, -0.2) is 21.3 Å². The van der Waals surface area contributed by atoms with Crippen LogP contribution in [0.4, 0.5) is 0 Å². The maximum absolute atomic E-state index is 9.29. The molecule has 0 atom stereocenters. The fraction of sp³-hybridized carbons (Fsp3) is 0.167. The number of halogens is 1. The Morgan fingerprint density at radius 2 is 2.10 bits per heavy atom. The van der Waals surface area contributed by atoms with E-state index in [0.29, 0.717) is 0 Å². The highest BCUT2D eigenvalue weighted by Crippen LogP contribution is 1.87. The lowest BCUT2D eigenvalue weighted by Gasteiger charge is -1.99. The Morgan fingerprint density at radius 3 is 2.60 bits per heavy atom. The molecule has 0 spiro atoms. The Hall–Kier alpha value is -0.0951. The average Bonchev–Trinajstić information content (AvgIpc) is 2.05. The first-order valence-electron chi connectivity index (χ1n) is 2.98. The zero-order chi connectivity index (χ0) is 7.40. The van der Waals surface area contributed by atoms with Gasteiger partial charge in [-0.2, -0.15) is 0 Å². The lowest BCUT2D eigenvalue weighted by Crippen LogP contribution is -2.31. The smallest absolute Gasteiger partial charge is 0.333 e. The van der Waals surface area contributed by atoms with Crippen LogP contribution in [0.5, 0.6) is 0 Å². The topological polar surface area (TPSA) is 33.1 Å². The molecular formula is C6H7BINO. The van der Waals surface area contributed by atoms with Crippen LogP contribution in [0.1, 0.15) is 0 Å². The van der Waals surface area contributed by atoms with Gasteiger partial charge in [-0.25, -0.2) is 0 Å². The molecule has 0 aromatic carbocycles. The Bertz CT molecular complexity index is 194. The van der Waals surface area contributed by atoms with E-state index in [-0.39, 0.29) is 6.92 Å². The molecular weight excluding hydrogens is 240 g/mol. The minimum atomic E-state index is -0.344. The van der Waals surface area contributed by atoms with Crippen molar-refractivity contribution in [2.75, 3.05) is 4.33 Å². The van der Waals surface area contributed by atoms with Crippen LogP contribution in [0.15, 0.2) is 24.5 Å². The Labute approximate surface area is 73.9 Å². The third-order valence-electron chi connectivity index (χ3n) is 1.24. The summed E-state index contributed by atoms with van der Waals surface area (Å²) < 4.78 is 0.724. The molecule has 0 aliphatic carbocycles. The van der Waals surface area contributed by atoms with Crippen LogP contribution in [0.3, 0.4) is 0 Å². The average molecular weight is 247 g/mol. The molecule has 0 saturated heterocycles. The van der Waals surface area contributed by atoms with Crippen LogP contribution in [0, 0.1) is 0 Å². The lowest BCUT2D eigenvalue weighted by molar-refractivity contribution is 0.593. The highest BCUT2D eigenvalue weighted by atomic mass is 127. The van der Waals surface area contributed by atoms with E-state index in [1.54, 1.807) is 12.4 Å². The first-order valence-corrected chi connectivity index (χ1v) is 4.51. The zero-order valence-electron chi connectivity index (χ0n) is 5.37. The molecule has 1 heterocycles. The van der Waals surface area contributed by atoms with Gasteiger partial charge in [0.15, 0.2) is 0 Å². The minimum absolute atomic E-state index is 0.344. The third-order valence-corrected chi connectivity index (χ3v) is 2.07. The molecule has 0 saturated carbocycles. The van der Waals surface area contributed by atoms with E-state index in [4.69, 9.17) is 0 Å². The van der Waals surface area contributed by atoms with Gasteiger partial charge >= 0.3 is 6.92 Å². The van der Waals surface area contributed by atoms with Crippen LogP contribution >= 0.6 is 22.6 Å². The summed E-state index contributed by atoms with van der Waals surface area (Å²) in [5, 5.41) is 9.29. The van der Waals surface area contributed by atoms with Gasteiger partial charge in [0.2, 0.25) is 0 Å². The number of aromatic nitrogens is 1. The standard InChI is InChI=1S/C6H7BINO/c8-5-7(10)6-1-3-9-4-2-6/h1-4,10H,5H2. The van der Waals surface area contributed by atoms with Gasteiger partial charge in [-0.15, -0.1) is 0 Å². The van der Waals surface area contributed by atoms with Crippen molar-refractivity contribution in [2.45, 2.75) is 0 Å². The van der Waals surface area contributed by atoms with Crippen LogP contribution in [0.25, 0.3) is 0 Å². The van der Waals surface area contributed by atoms with Gasteiger partial charge in [0.1, 0.15) is 0 Å². The molecule has 1 aromatic heterocycles. The van der Waals surface area contributed by atoms with Gasteiger partial charge in [-0.1, -0.05) is 22.6 Å². The monoisotopic (exact) mass is 247 g/mol. The molecule has 0 aliphatic rings. The first-order chi connectivity index (χ1) is 4.84. The molecule has 0 unspecified atom stereocenters. The van der Waals surface area contributed by atoms with Gasteiger partial charge in [-0.05, 0) is 17.6 Å². The van der Waals surface area contributed by atoms with Gasteiger partial charge in [0, 0.05) is 16.7 Å². The van der Waals surface area contributed by atoms with Crippen LogP contribution in [0.2, 0.25) is 0 Å². The third kappa shape index (κ3) is 1.95. The predicted molar refractivity (Wildman–Crippen MR) is 50.7 cm³/mol. The molecule has 1 aromatic rings. The molecule has 0 aliphatic heterocycles. The second kappa shape index (κ2) is 3.93.